The summed E-state index contributed by atoms with van der Waals surface area (Å²) >= 11 is 0. The zero-order valence-corrected chi connectivity index (χ0v) is 12.8. The van der Waals surface area contributed by atoms with Crippen LogP contribution < -0.4 is 10.2 Å². The molecular weight excluding hydrogens is 280 g/mol. The largest absolute Gasteiger partial charge is 0.459 e. The Morgan fingerprint density at radius 2 is 1.82 bits per heavy atom. The maximum Gasteiger partial charge on any atom is 0.291 e. The van der Waals surface area contributed by atoms with Crippen LogP contribution in [0.5, 0.6) is 0 Å². The Balaban J connectivity index is 1.71. The molecule has 2 aromatic rings. The number of rotatable bonds is 3. The first-order valence-electron chi connectivity index (χ1n) is 7.46. The third-order valence-electron chi connectivity index (χ3n) is 3.84. The second kappa shape index (κ2) is 6.23. The first-order chi connectivity index (χ1) is 10.6. The number of benzene rings is 1. The summed E-state index contributed by atoms with van der Waals surface area (Å²) in [6.07, 6.45) is 1.49. The number of nitrogens with one attached hydrogen (secondary N) is 1. The van der Waals surface area contributed by atoms with Crippen molar-refractivity contribution >= 4 is 17.3 Å². The van der Waals surface area contributed by atoms with Gasteiger partial charge in [0.1, 0.15) is 0 Å². The van der Waals surface area contributed by atoms with Gasteiger partial charge in [-0.05, 0) is 50.2 Å². The van der Waals surface area contributed by atoms with Crippen molar-refractivity contribution in [2.75, 3.05) is 23.4 Å². The predicted molar refractivity (Wildman–Crippen MR) is 85.3 cm³/mol. The van der Waals surface area contributed by atoms with E-state index in [9.17, 15) is 4.79 Å². The summed E-state index contributed by atoms with van der Waals surface area (Å²) in [5.41, 5.74) is 1.89. The number of ether oxygens (including phenoxy) is 1. The molecule has 2 atom stereocenters. The Bertz CT molecular complexity index is 612. The van der Waals surface area contributed by atoms with Crippen LogP contribution in [0, 0.1) is 0 Å². The van der Waals surface area contributed by atoms with Gasteiger partial charge in [0, 0.05) is 23.5 Å². The standard InChI is InChI=1S/C17H20N2O3/c1-12-10-21-11-13(2)19(12)15-7-5-14(6-8-15)18-17(20)16-4-3-9-22-16/h3-9,12-13H,10-11H2,1-2H3,(H,18,20). The van der Waals surface area contributed by atoms with E-state index in [1.807, 2.05) is 24.3 Å². The zero-order chi connectivity index (χ0) is 15.5. The molecule has 1 saturated heterocycles. The number of anilines is 2. The Morgan fingerprint density at radius 1 is 1.14 bits per heavy atom. The van der Waals surface area contributed by atoms with Crippen LogP contribution in [0.3, 0.4) is 0 Å². The third-order valence-corrected chi connectivity index (χ3v) is 3.84. The van der Waals surface area contributed by atoms with Crippen LogP contribution in [-0.4, -0.2) is 31.2 Å². The molecule has 22 heavy (non-hydrogen) atoms. The molecule has 1 fully saturated rings. The molecule has 1 amide bonds. The minimum atomic E-state index is -0.245. The smallest absolute Gasteiger partial charge is 0.291 e. The lowest BCUT2D eigenvalue weighted by atomic mass is 10.1. The van der Waals surface area contributed by atoms with E-state index in [1.165, 1.54) is 6.26 Å². The summed E-state index contributed by atoms with van der Waals surface area (Å²) < 4.78 is 10.6. The maximum absolute atomic E-state index is 11.9. The number of hydrogen-bond donors (Lipinski definition) is 1. The van der Waals surface area contributed by atoms with Crippen LogP contribution in [0.15, 0.2) is 47.1 Å². The minimum Gasteiger partial charge on any atom is -0.459 e. The topological polar surface area (TPSA) is 54.7 Å². The summed E-state index contributed by atoms with van der Waals surface area (Å²) in [6.45, 7) is 5.78. The monoisotopic (exact) mass is 300 g/mol. The van der Waals surface area contributed by atoms with Crippen LogP contribution in [0.2, 0.25) is 0 Å². The molecule has 2 unspecified atom stereocenters. The molecule has 1 aromatic heterocycles. The fraction of sp³-hybridized carbons (Fsp3) is 0.353. The number of nitrogens with zero attached hydrogens (tertiary/aromatic N) is 1. The summed E-state index contributed by atoms with van der Waals surface area (Å²) in [4.78, 5) is 14.3. The van der Waals surface area contributed by atoms with Crippen LogP contribution in [0.25, 0.3) is 0 Å². The summed E-state index contributed by atoms with van der Waals surface area (Å²) in [6, 6.07) is 11.9. The molecule has 1 aliphatic rings. The molecule has 1 aliphatic heterocycles. The van der Waals surface area contributed by atoms with Gasteiger partial charge in [-0.1, -0.05) is 0 Å². The third kappa shape index (κ3) is 2.99. The van der Waals surface area contributed by atoms with Gasteiger partial charge in [0.15, 0.2) is 5.76 Å². The fourth-order valence-electron chi connectivity index (χ4n) is 2.83. The minimum absolute atomic E-state index is 0.245. The van der Waals surface area contributed by atoms with E-state index in [4.69, 9.17) is 9.15 Å². The van der Waals surface area contributed by atoms with Gasteiger partial charge in [-0.15, -0.1) is 0 Å². The number of carbonyl (C=O) groups excluding carboxylic acids is 1. The van der Waals surface area contributed by atoms with E-state index in [1.54, 1.807) is 12.1 Å². The molecule has 116 valence electrons. The molecule has 2 heterocycles. The SMILES string of the molecule is CC1COCC(C)N1c1ccc(NC(=O)c2ccco2)cc1. The van der Waals surface area contributed by atoms with Gasteiger partial charge in [0.05, 0.1) is 19.5 Å². The number of hydrogen-bond acceptors (Lipinski definition) is 4. The lowest BCUT2D eigenvalue weighted by molar-refractivity contribution is 0.0757. The van der Waals surface area contributed by atoms with Crippen molar-refractivity contribution in [2.45, 2.75) is 25.9 Å². The van der Waals surface area contributed by atoms with Crippen LogP contribution in [0.4, 0.5) is 11.4 Å². The first kappa shape index (κ1) is 14.7. The molecule has 3 rings (SSSR count). The summed E-state index contributed by atoms with van der Waals surface area (Å²) in [5.74, 6) is 0.0605. The van der Waals surface area contributed by atoms with Gasteiger partial charge in [-0.3, -0.25) is 4.79 Å². The molecule has 0 spiro atoms. The Kier molecular flexibility index (Phi) is 4.15. The van der Waals surface area contributed by atoms with E-state index in [-0.39, 0.29) is 5.91 Å². The summed E-state index contributed by atoms with van der Waals surface area (Å²) in [5, 5.41) is 2.82. The predicted octanol–water partition coefficient (Wildman–Crippen LogP) is 3.15. The fourth-order valence-corrected chi connectivity index (χ4v) is 2.83. The van der Waals surface area contributed by atoms with E-state index < -0.39 is 0 Å². The molecule has 5 nitrogen and oxygen atoms in total. The average molecular weight is 300 g/mol. The Labute approximate surface area is 129 Å². The number of amides is 1. The van der Waals surface area contributed by atoms with Gasteiger partial charge in [0.2, 0.25) is 0 Å². The van der Waals surface area contributed by atoms with Crippen molar-refractivity contribution in [3.63, 3.8) is 0 Å². The van der Waals surface area contributed by atoms with E-state index in [0.717, 1.165) is 24.6 Å². The molecule has 1 N–H and O–H groups in total. The number of morpholine rings is 1. The first-order valence-corrected chi connectivity index (χ1v) is 7.46. The highest BCUT2D eigenvalue weighted by molar-refractivity contribution is 6.02. The van der Waals surface area contributed by atoms with E-state index >= 15 is 0 Å². The maximum atomic E-state index is 11.9. The van der Waals surface area contributed by atoms with E-state index in [2.05, 4.69) is 24.1 Å². The average Bonchev–Trinajstić information content (AvgIpc) is 3.03. The van der Waals surface area contributed by atoms with Crippen LogP contribution in [0.1, 0.15) is 24.4 Å². The molecular formula is C17H20N2O3. The number of carbonyl (C=O) groups is 1. The molecule has 0 aliphatic carbocycles. The van der Waals surface area contributed by atoms with Crippen LogP contribution in [-0.2, 0) is 4.74 Å². The highest BCUT2D eigenvalue weighted by Gasteiger charge is 2.25. The lowest BCUT2D eigenvalue weighted by Gasteiger charge is -2.40. The molecule has 0 saturated carbocycles. The van der Waals surface area contributed by atoms with Gasteiger partial charge in [-0.2, -0.15) is 0 Å². The van der Waals surface area contributed by atoms with Gasteiger partial charge in [0.25, 0.3) is 5.91 Å². The second-order valence-electron chi connectivity index (χ2n) is 5.62. The number of furan rings is 1. The van der Waals surface area contributed by atoms with Gasteiger partial charge in [-0.25, -0.2) is 0 Å². The van der Waals surface area contributed by atoms with Crippen molar-refractivity contribution in [3.05, 3.63) is 48.4 Å². The van der Waals surface area contributed by atoms with Crippen molar-refractivity contribution in [1.29, 1.82) is 0 Å². The molecule has 0 bridgehead atoms. The normalized spacial score (nSPS) is 21.6. The zero-order valence-electron chi connectivity index (χ0n) is 12.8. The van der Waals surface area contributed by atoms with Crippen molar-refractivity contribution in [3.8, 4) is 0 Å². The molecule has 5 heteroatoms. The molecule has 1 aromatic carbocycles. The van der Waals surface area contributed by atoms with Crippen LogP contribution >= 0.6 is 0 Å². The second-order valence-corrected chi connectivity index (χ2v) is 5.62. The lowest BCUT2D eigenvalue weighted by Crippen LogP contribution is -2.49. The van der Waals surface area contributed by atoms with Gasteiger partial charge < -0.3 is 19.4 Å². The highest BCUT2D eigenvalue weighted by Crippen LogP contribution is 2.25. The van der Waals surface area contributed by atoms with Crippen molar-refractivity contribution < 1.29 is 13.9 Å². The molecule has 0 radical (unpaired) electrons. The van der Waals surface area contributed by atoms with Gasteiger partial charge >= 0.3 is 0 Å². The summed E-state index contributed by atoms with van der Waals surface area (Å²) in [7, 11) is 0. The van der Waals surface area contributed by atoms with E-state index in [0.29, 0.717) is 17.8 Å². The Morgan fingerprint density at radius 3 is 2.41 bits per heavy atom. The quantitative estimate of drug-likeness (QED) is 0.946. The highest BCUT2D eigenvalue weighted by atomic mass is 16.5. The van der Waals surface area contributed by atoms with Crippen molar-refractivity contribution in [2.24, 2.45) is 0 Å². The van der Waals surface area contributed by atoms with Crippen molar-refractivity contribution in [1.82, 2.24) is 0 Å². The Hall–Kier alpha value is -2.27.